The lowest BCUT2D eigenvalue weighted by Gasteiger charge is -2.40. The van der Waals surface area contributed by atoms with E-state index in [2.05, 4.69) is 36.7 Å². The number of carbonyl (C=O) groups is 3. The minimum atomic E-state index is -0.800. The van der Waals surface area contributed by atoms with Crippen LogP contribution >= 0.6 is 0 Å². The van der Waals surface area contributed by atoms with E-state index in [1.807, 2.05) is 0 Å². The standard InChI is InChI=1S/C19H32N4O3/c1-18(2,3)13-6-8-19(9-7-13)16(25)23(17(26)22-19)12-15(24)21-14-5-4-10-20-11-14/h13-14,20H,4-12H2,1-3H3,(H,21,24)(H,22,26)/t13?,14-,19?/m0/s1. The Labute approximate surface area is 155 Å². The van der Waals surface area contributed by atoms with Gasteiger partial charge in [0.25, 0.3) is 5.91 Å². The highest BCUT2D eigenvalue weighted by atomic mass is 16.2. The quantitative estimate of drug-likeness (QED) is 0.660. The Kier molecular flexibility index (Phi) is 5.28. The number of amides is 4. The van der Waals surface area contributed by atoms with Gasteiger partial charge in [-0.3, -0.25) is 14.5 Å². The van der Waals surface area contributed by atoms with Gasteiger partial charge >= 0.3 is 6.03 Å². The Morgan fingerprint density at radius 3 is 2.50 bits per heavy atom. The van der Waals surface area contributed by atoms with Crippen LogP contribution in [0.25, 0.3) is 0 Å². The SMILES string of the molecule is CC(C)(C)C1CCC2(CC1)NC(=O)N(CC(=O)N[C@H]1CCCNC1)C2=O. The third-order valence-corrected chi connectivity index (χ3v) is 6.27. The van der Waals surface area contributed by atoms with Gasteiger partial charge in [-0.2, -0.15) is 0 Å². The molecular weight excluding hydrogens is 332 g/mol. The van der Waals surface area contributed by atoms with Crippen LogP contribution in [0.3, 0.4) is 0 Å². The molecule has 146 valence electrons. The van der Waals surface area contributed by atoms with E-state index in [1.165, 1.54) is 0 Å². The largest absolute Gasteiger partial charge is 0.351 e. The minimum absolute atomic E-state index is 0.0770. The van der Waals surface area contributed by atoms with Gasteiger partial charge in [0.15, 0.2) is 0 Å². The van der Waals surface area contributed by atoms with Gasteiger partial charge in [-0.25, -0.2) is 4.79 Å². The van der Waals surface area contributed by atoms with E-state index in [0.29, 0.717) is 18.8 Å². The molecule has 1 atom stereocenters. The number of piperidine rings is 1. The molecule has 3 fully saturated rings. The average molecular weight is 364 g/mol. The predicted octanol–water partition coefficient (Wildman–Crippen LogP) is 1.38. The van der Waals surface area contributed by atoms with Crippen LogP contribution in [0.2, 0.25) is 0 Å². The summed E-state index contributed by atoms with van der Waals surface area (Å²) >= 11 is 0. The second kappa shape index (κ2) is 7.18. The molecule has 4 amide bonds. The van der Waals surface area contributed by atoms with Gasteiger partial charge in [0.2, 0.25) is 5.91 Å². The first-order valence-corrected chi connectivity index (χ1v) is 9.85. The average Bonchev–Trinajstić information content (AvgIpc) is 2.79. The summed E-state index contributed by atoms with van der Waals surface area (Å²) < 4.78 is 0. The van der Waals surface area contributed by atoms with Crippen LogP contribution in [0.1, 0.15) is 59.3 Å². The number of imide groups is 1. The molecule has 0 aromatic carbocycles. The molecule has 3 rings (SSSR count). The van der Waals surface area contributed by atoms with Gasteiger partial charge in [-0.05, 0) is 56.4 Å². The zero-order valence-electron chi connectivity index (χ0n) is 16.2. The summed E-state index contributed by atoms with van der Waals surface area (Å²) in [6.07, 6.45) is 5.10. The Morgan fingerprint density at radius 1 is 1.23 bits per heavy atom. The van der Waals surface area contributed by atoms with E-state index in [0.717, 1.165) is 43.7 Å². The lowest BCUT2D eigenvalue weighted by molar-refractivity contribution is -0.136. The molecule has 26 heavy (non-hydrogen) atoms. The smallest absolute Gasteiger partial charge is 0.325 e. The van der Waals surface area contributed by atoms with Crippen LogP contribution in [0, 0.1) is 11.3 Å². The fourth-order valence-corrected chi connectivity index (χ4v) is 4.53. The van der Waals surface area contributed by atoms with Crippen LogP contribution in [-0.2, 0) is 9.59 Å². The van der Waals surface area contributed by atoms with Crippen molar-refractivity contribution in [2.24, 2.45) is 11.3 Å². The van der Waals surface area contributed by atoms with E-state index in [1.54, 1.807) is 0 Å². The highest BCUT2D eigenvalue weighted by molar-refractivity contribution is 6.09. The maximum Gasteiger partial charge on any atom is 0.325 e. The number of hydrogen-bond donors (Lipinski definition) is 3. The van der Waals surface area contributed by atoms with Crippen molar-refractivity contribution < 1.29 is 14.4 Å². The van der Waals surface area contributed by atoms with Crippen molar-refractivity contribution in [1.82, 2.24) is 20.9 Å². The molecule has 0 aromatic heterocycles. The van der Waals surface area contributed by atoms with Crippen molar-refractivity contribution in [2.75, 3.05) is 19.6 Å². The van der Waals surface area contributed by atoms with E-state index in [4.69, 9.17) is 0 Å². The van der Waals surface area contributed by atoms with E-state index >= 15 is 0 Å². The topological polar surface area (TPSA) is 90.5 Å². The third-order valence-electron chi connectivity index (χ3n) is 6.27. The first-order valence-electron chi connectivity index (χ1n) is 9.85. The molecular formula is C19H32N4O3. The summed E-state index contributed by atoms with van der Waals surface area (Å²) in [4.78, 5) is 38.7. The fourth-order valence-electron chi connectivity index (χ4n) is 4.53. The molecule has 7 heteroatoms. The number of nitrogens with one attached hydrogen (secondary N) is 3. The van der Waals surface area contributed by atoms with Crippen LogP contribution in [0.15, 0.2) is 0 Å². The van der Waals surface area contributed by atoms with Gasteiger partial charge in [-0.15, -0.1) is 0 Å². The minimum Gasteiger partial charge on any atom is -0.351 e. The Bertz CT molecular complexity index is 570. The second-order valence-corrected chi connectivity index (χ2v) is 9.15. The first kappa shape index (κ1) is 19.1. The highest BCUT2D eigenvalue weighted by Gasteiger charge is 2.53. The molecule has 0 unspecified atom stereocenters. The molecule has 3 N–H and O–H groups in total. The highest BCUT2D eigenvalue weighted by Crippen LogP contribution is 2.43. The number of hydrogen-bond acceptors (Lipinski definition) is 4. The molecule has 2 saturated heterocycles. The van der Waals surface area contributed by atoms with Crippen LogP contribution in [-0.4, -0.2) is 54.0 Å². The molecule has 1 saturated carbocycles. The van der Waals surface area contributed by atoms with E-state index < -0.39 is 11.6 Å². The molecule has 1 aliphatic carbocycles. The zero-order chi connectivity index (χ0) is 18.9. The summed E-state index contributed by atoms with van der Waals surface area (Å²) in [5.41, 5.74) is -0.591. The lowest BCUT2D eigenvalue weighted by Crippen LogP contribution is -2.52. The predicted molar refractivity (Wildman–Crippen MR) is 98.4 cm³/mol. The molecule has 1 spiro atoms. The van der Waals surface area contributed by atoms with Crippen molar-refractivity contribution >= 4 is 17.8 Å². The molecule has 3 aliphatic rings. The van der Waals surface area contributed by atoms with Gasteiger partial charge < -0.3 is 16.0 Å². The van der Waals surface area contributed by atoms with Gasteiger partial charge in [-0.1, -0.05) is 20.8 Å². The summed E-state index contributed by atoms with van der Waals surface area (Å²) in [7, 11) is 0. The third kappa shape index (κ3) is 3.87. The Hall–Kier alpha value is -1.63. The lowest BCUT2D eigenvalue weighted by atomic mass is 9.67. The van der Waals surface area contributed by atoms with Gasteiger partial charge in [0.05, 0.1) is 0 Å². The number of nitrogens with zero attached hydrogens (tertiary/aromatic N) is 1. The van der Waals surface area contributed by atoms with Crippen molar-refractivity contribution in [3.63, 3.8) is 0 Å². The van der Waals surface area contributed by atoms with Crippen LogP contribution < -0.4 is 16.0 Å². The molecule has 0 aromatic rings. The van der Waals surface area contributed by atoms with Crippen molar-refractivity contribution in [3.8, 4) is 0 Å². The molecule has 0 bridgehead atoms. The monoisotopic (exact) mass is 364 g/mol. The maximum atomic E-state index is 12.9. The Balaban J connectivity index is 1.58. The fraction of sp³-hybridized carbons (Fsp3) is 0.842. The van der Waals surface area contributed by atoms with E-state index in [-0.39, 0.29) is 29.8 Å². The molecule has 7 nitrogen and oxygen atoms in total. The molecule has 2 aliphatic heterocycles. The number of carbonyl (C=O) groups excluding carboxylic acids is 3. The van der Waals surface area contributed by atoms with Crippen molar-refractivity contribution in [3.05, 3.63) is 0 Å². The van der Waals surface area contributed by atoms with Crippen molar-refractivity contribution in [1.29, 1.82) is 0 Å². The number of urea groups is 1. The summed E-state index contributed by atoms with van der Waals surface area (Å²) in [6, 6.07) is -0.352. The maximum absolute atomic E-state index is 12.9. The summed E-state index contributed by atoms with van der Waals surface area (Å²) in [5, 5.41) is 9.06. The van der Waals surface area contributed by atoms with Crippen LogP contribution in [0.5, 0.6) is 0 Å². The zero-order valence-corrected chi connectivity index (χ0v) is 16.2. The first-order chi connectivity index (χ1) is 12.2. The molecule has 0 radical (unpaired) electrons. The van der Waals surface area contributed by atoms with Gasteiger partial charge in [0, 0.05) is 12.6 Å². The van der Waals surface area contributed by atoms with Gasteiger partial charge in [0.1, 0.15) is 12.1 Å². The van der Waals surface area contributed by atoms with E-state index in [9.17, 15) is 14.4 Å². The molecule has 2 heterocycles. The van der Waals surface area contributed by atoms with Crippen molar-refractivity contribution in [2.45, 2.75) is 70.9 Å². The summed E-state index contributed by atoms with van der Waals surface area (Å²) in [6.45, 7) is 8.19. The summed E-state index contributed by atoms with van der Waals surface area (Å²) in [5.74, 6) is 0.0587. The van der Waals surface area contributed by atoms with Crippen LogP contribution in [0.4, 0.5) is 4.79 Å². The Morgan fingerprint density at radius 2 is 1.92 bits per heavy atom. The normalized spacial score (nSPS) is 32.7. The second-order valence-electron chi connectivity index (χ2n) is 9.15. The number of rotatable bonds is 3.